The number of aryl methyl sites for hydroxylation is 1. The van der Waals surface area contributed by atoms with Crippen molar-refractivity contribution in [2.75, 3.05) is 5.32 Å². The molecule has 0 fully saturated rings. The standard InChI is InChI=1S/C27H17F5N6O3/c1-15-4-6-20(11-16(15)5-7-21-14-33-23-3-2-8-34-37(21)23)35-26(40)38-22(17-9-18(28)12-19(29)10-17)13-24(36-38)41-25(39)27(30,31)32/h2-4,6,8-12,14,22H,13H2,1H3,(H,35,40)/t22-/m1/s1. The van der Waals surface area contributed by atoms with Crippen molar-refractivity contribution in [3.63, 3.8) is 0 Å². The third kappa shape index (κ3) is 5.98. The lowest BCUT2D eigenvalue weighted by molar-refractivity contribution is -0.191. The predicted molar refractivity (Wildman–Crippen MR) is 134 cm³/mol. The number of hydrazone groups is 1. The first-order valence-corrected chi connectivity index (χ1v) is 11.8. The number of imidazole rings is 1. The monoisotopic (exact) mass is 568 g/mol. The van der Waals surface area contributed by atoms with Gasteiger partial charge in [0.2, 0.25) is 5.90 Å². The molecule has 3 heterocycles. The molecule has 41 heavy (non-hydrogen) atoms. The lowest BCUT2D eigenvalue weighted by atomic mass is 10.0. The molecule has 0 spiro atoms. The number of nitrogens with one attached hydrogen (secondary N) is 1. The number of hydrogen-bond donors (Lipinski definition) is 1. The van der Waals surface area contributed by atoms with Crippen molar-refractivity contribution in [3.05, 3.63) is 94.9 Å². The van der Waals surface area contributed by atoms with E-state index in [2.05, 4.69) is 37.1 Å². The van der Waals surface area contributed by atoms with Gasteiger partial charge in [0.05, 0.1) is 18.7 Å². The number of hydrogen-bond acceptors (Lipinski definition) is 6. The Kier molecular flexibility index (Phi) is 7.10. The molecule has 0 bridgehead atoms. The second kappa shape index (κ2) is 10.7. The Labute approximate surface area is 228 Å². The van der Waals surface area contributed by atoms with Gasteiger partial charge < -0.3 is 10.1 Å². The van der Waals surface area contributed by atoms with Crippen LogP contribution in [0.3, 0.4) is 0 Å². The van der Waals surface area contributed by atoms with Crippen LogP contribution in [0.5, 0.6) is 0 Å². The number of urea groups is 1. The number of nitrogens with zero attached hydrogens (tertiary/aromatic N) is 5. The van der Waals surface area contributed by atoms with Gasteiger partial charge in [-0.3, -0.25) is 0 Å². The summed E-state index contributed by atoms with van der Waals surface area (Å²) in [5.41, 5.74) is 2.55. The van der Waals surface area contributed by atoms with Gasteiger partial charge >= 0.3 is 18.2 Å². The number of halogens is 5. The summed E-state index contributed by atoms with van der Waals surface area (Å²) in [4.78, 5) is 28.7. The third-order valence-corrected chi connectivity index (χ3v) is 5.89. The molecule has 14 heteroatoms. The van der Waals surface area contributed by atoms with Crippen molar-refractivity contribution in [2.24, 2.45) is 5.10 Å². The first-order chi connectivity index (χ1) is 19.5. The van der Waals surface area contributed by atoms with Crippen LogP contribution < -0.4 is 5.32 Å². The molecule has 2 aromatic heterocycles. The zero-order chi connectivity index (χ0) is 29.3. The van der Waals surface area contributed by atoms with E-state index in [0.717, 1.165) is 17.7 Å². The van der Waals surface area contributed by atoms with E-state index < -0.39 is 48.2 Å². The van der Waals surface area contributed by atoms with Crippen LogP contribution in [0.2, 0.25) is 0 Å². The van der Waals surface area contributed by atoms with E-state index in [4.69, 9.17) is 0 Å². The molecule has 9 nitrogen and oxygen atoms in total. The quantitative estimate of drug-likeness (QED) is 0.206. The van der Waals surface area contributed by atoms with E-state index in [9.17, 15) is 31.5 Å². The third-order valence-electron chi connectivity index (χ3n) is 5.89. The summed E-state index contributed by atoms with van der Waals surface area (Å²) in [6, 6.07) is 8.42. The number of amides is 2. The van der Waals surface area contributed by atoms with E-state index in [1.165, 1.54) is 0 Å². The van der Waals surface area contributed by atoms with Crippen LogP contribution in [-0.4, -0.2) is 43.7 Å². The smallest absolute Gasteiger partial charge is 0.403 e. The van der Waals surface area contributed by atoms with Crippen LogP contribution >= 0.6 is 0 Å². The molecule has 1 aliphatic rings. The number of rotatable bonds is 2. The minimum Gasteiger partial charge on any atom is -0.403 e. The van der Waals surface area contributed by atoms with Crippen LogP contribution in [0.1, 0.15) is 34.8 Å². The first-order valence-electron chi connectivity index (χ1n) is 11.8. The number of ether oxygens (including phenoxy) is 1. The lowest BCUT2D eigenvalue weighted by Crippen LogP contribution is -2.31. The Morgan fingerprint density at radius 3 is 2.56 bits per heavy atom. The summed E-state index contributed by atoms with van der Waals surface area (Å²) < 4.78 is 71.9. The highest BCUT2D eigenvalue weighted by molar-refractivity contribution is 5.96. The Hall–Kier alpha value is -5.32. The van der Waals surface area contributed by atoms with E-state index in [1.54, 1.807) is 54.2 Å². The van der Waals surface area contributed by atoms with Crippen LogP contribution in [0.4, 0.5) is 32.4 Å². The number of benzene rings is 2. The van der Waals surface area contributed by atoms with Crippen molar-refractivity contribution in [3.8, 4) is 11.8 Å². The van der Waals surface area contributed by atoms with E-state index >= 15 is 0 Å². The normalized spacial score (nSPS) is 14.8. The predicted octanol–water partition coefficient (Wildman–Crippen LogP) is 5.11. The highest BCUT2D eigenvalue weighted by Gasteiger charge is 2.44. The number of carbonyl (C=O) groups is 2. The fraction of sp³-hybridized carbons (Fsp3) is 0.148. The first kappa shape index (κ1) is 27.3. The summed E-state index contributed by atoms with van der Waals surface area (Å²) in [6.45, 7) is 1.79. The van der Waals surface area contributed by atoms with Gasteiger partial charge in [0.1, 0.15) is 17.3 Å². The van der Waals surface area contributed by atoms with E-state index in [0.29, 0.717) is 28.0 Å². The molecule has 0 saturated carbocycles. The number of esters is 1. The van der Waals surface area contributed by atoms with Gasteiger partial charge in [-0.05, 0) is 60.4 Å². The van der Waals surface area contributed by atoms with Crippen LogP contribution in [-0.2, 0) is 9.53 Å². The average molecular weight is 568 g/mol. The minimum absolute atomic E-state index is 0.114. The summed E-state index contributed by atoms with van der Waals surface area (Å²) in [6.07, 6.45) is -2.73. The molecule has 1 N–H and O–H groups in total. The largest absolute Gasteiger partial charge is 0.491 e. The molecular weight excluding hydrogens is 551 g/mol. The molecule has 4 aromatic rings. The Balaban J connectivity index is 1.41. The average Bonchev–Trinajstić information content (AvgIpc) is 3.52. The molecule has 0 unspecified atom stereocenters. The molecule has 0 saturated heterocycles. The van der Waals surface area contributed by atoms with Crippen molar-refractivity contribution in [2.45, 2.75) is 25.6 Å². The maximum atomic E-state index is 13.9. The topological polar surface area (TPSA) is 101 Å². The Morgan fingerprint density at radius 2 is 1.83 bits per heavy atom. The van der Waals surface area contributed by atoms with Gasteiger partial charge in [0.25, 0.3) is 0 Å². The summed E-state index contributed by atoms with van der Waals surface area (Å²) >= 11 is 0. The van der Waals surface area contributed by atoms with Crippen molar-refractivity contribution >= 4 is 29.2 Å². The molecule has 0 radical (unpaired) electrons. The molecule has 208 valence electrons. The van der Waals surface area contributed by atoms with Gasteiger partial charge in [-0.25, -0.2) is 32.9 Å². The molecule has 1 aliphatic heterocycles. The van der Waals surface area contributed by atoms with Gasteiger partial charge in [0.15, 0.2) is 5.65 Å². The van der Waals surface area contributed by atoms with Gasteiger partial charge in [-0.1, -0.05) is 12.0 Å². The molecule has 0 aliphatic carbocycles. The van der Waals surface area contributed by atoms with E-state index in [1.807, 2.05) is 0 Å². The fourth-order valence-corrected chi connectivity index (χ4v) is 3.98. The van der Waals surface area contributed by atoms with Crippen molar-refractivity contribution < 1.29 is 36.3 Å². The van der Waals surface area contributed by atoms with Crippen LogP contribution in [0.15, 0.2) is 66.0 Å². The zero-order valence-electron chi connectivity index (χ0n) is 20.9. The number of fused-ring (bicyclic) bond motifs is 1. The molecule has 2 amide bonds. The fourth-order valence-electron chi connectivity index (χ4n) is 3.98. The van der Waals surface area contributed by atoms with Gasteiger partial charge in [0, 0.05) is 23.5 Å². The van der Waals surface area contributed by atoms with Crippen LogP contribution in [0.25, 0.3) is 5.65 Å². The number of anilines is 1. The summed E-state index contributed by atoms with van der Waals surface area (Å²) in [5.74, 6) is 0.687. The molecule has 1 atom stereocenters. The Bertz CT molecular complexity index is 1750. The summed E-state index contributed by atoms with van der Waals surface area (Å²) in [7, 11) is 0. The van der Waals surface area contributed by atoms with Crippen molar-refractivity contribution in [1.82, 2.24) is 19.6 Å². The number of alkyl halides is 3. The van der Waals surface area contributed by atoms with Gasteiger partial charge in [-0.15, -0.1) is 5.10 Å². The van der Waals surface area contributed by atoms with Crippen LogP contribution in [0, 0.1) is 30.4 Å². The maximum Gasteiger partial charge on any atom is 0.491 e. The lowest BCUT2D eigenvalue weighted by Gasteiger charge is -2.22. The number of carbonyl (C=O) groups excluding carboxylic acids is 2. The number of aromatic nitrogens is 3. The van der Waals surface area contributed by atoms with E-state index in [-0.39, 0.29) is 11.3 Å². The van der Waals surface area contributed by atoms with Crippen molar-refractivity contribution in [1.29, 1.82) is 0 Å². The SMILES string of the molecule is Cc1ccc(NC(=O)N2N=C(OC(=O)C(F)(F)F)C[C@@H]2c2cc(F)cc(F)c2)cc1C#Cc1cnc2cccnn12. The molecule has 5 rings (SSSR count). The zero-order valence-corrected chi connectivity index (χ0v) is 20.9. The summed E-state index contributed by atoms with van der Waals surface area (Å²) in [5, 5.41) is 11.1. The molecular formula is C27H17F5N6O3. The second-order valence-corrected chi connectivity index (χ2v) is 8.80. The Morgan fingerprint density at radius 1 is 1.07 bits per heavy atom. The van der Waals surface area contributed by atoms with Gasteiger partial charge in [-0.2, -0.15) is 18.3 Å². The molecule has 2 aromatic carbocycles. The highest BCUT2D eigenvalue weighted by Crippen LogP contribution is 2.33. The highest BCUT2D eigenvalue weighted by atomic mass is 19.4. The maximum absolute atomic E-state index is 13.9. The minimum atomic E-state index is -5.32. The second-order valence-electron chi connectivity index (χ2n) is 8.80.